The Labute approximate surface area is 123 Å². The number of hydrogen-bond acceptors (Lipinski definition) is 3. The Morgan fingerprint density at radius 2 is 2.00 bits per heavy atom. The van der Waals surface area contributed by atoms with E-state index in [4.69, 9.17) is 4.74 Å². The molecule has 0 saturated carbocycles. The maximum absolute atomic E-state index is 5.90. The molecule has 0 spiro atoms. The molecule has 0 aromatic heterocycles. The molecule has 1 aliphatic heterocycles. The summed E-state index contributed by atoms with van der Waals surface area (Å²) in [5.74, 6) is 1.10. The predicted octanol–water partition coefficient (Wildman–Crippen LogP) is 3.00. The van der Waals surface area contributed by atoms with Gasteiger partial charge in [0.1, 0.15) is 5.75 Å². The fourth-order valence-corrected chi connectivity index (χ4v) is 3.58. The summed E-state index contributed by atoms with van der Waals surface area (Å²) in [6.07, 6.45) is 1.03. The van der Waals surface area contributed by atoms with Crippen LogP contribution in [0, 0.1) is 0 Å². The number of nitrogens with zero attached hydrogens (tertiary/aromatic N) is 1. The number of benzene rings is 1. The lowest BCUT2D eigenvalue weighted by molar-refractivity contribution is 0.0932. The maximum Gasteiger partial charge on any atom is 0.127 e. The van der Waals surface area contributed by atoms with E-state index < -0.39 is 0 Å². The Kier molecular flexibility index (Phi) is 4.71. The van der Waals surface area contributed by atoms with Crippen LogP contribution < -0.4 is 10.1 Å². The van der Waals surface area contributed by atoms with Gasteiger partial charge in [0.2, 0.25) is 0 Å². The highest BCUT2D eigenvalue weighted by molar-refractivity contribution is 5.46. The monoisotopic (exact) mass is 276 g/mol. The quantitative estimate of drug-likeness (QED) is 0.864. The van der Waals surface area contributed by atoms with Crippen molar-refractivity contribution in [1.82, 2.24) is 10.2 Å². The van der Waals surface area contributed by atoms with Gasteiger partial charge in [0, 0.05) is 17.5 Å². The van der Waals surface area contributed by atoms with Crippen molar-refractivity contribution in [3.05, 3.63) is 29.3 Å². The van der Waals surface area contributed by atoms with Crippen LogP contribution >= 0.6 is 0 Å². The summed E-state index contributed by atoms with van der Waals surface area (Å²) in [4.78, 5) is 2.50. The minimum atomic E-state index is 0.0410. The van der Waals surface area contributed by atoms with Crippen molar-refractivity contribution in [3.63, 3.8) is 0 Å². The van der Waals surface area contributed by atoms with E-state index in [0.717, 1.165) is 31.9 Å². The largest absolute Gasteiger partial charge is 0.493 e. The lowest BCUT2D eigenvalue weighted by Crippen LogP contribution is -2.52. The van der Waals surface area contributed by atoms with Crippen LogP contribution in [0.5, 0.6) is 5.75 Å². The molecule has 1 aromatic rings. The average molecular weight is 276 g/mol. The van der Waals surface area contributed by atoms with Crippen LogP contribution in [0.1, 0.15) is 44.9 Å². The third kappa shape index (κ3) is 2.57. The average Bonchev–Trinajstić information content (AvgIpc) is 2.89. The standard InChI is InChI=1S/C17H28N2O/c1-6-19(7-2)17(3,4)16(18-5)14-10-8-9-13-11-12-20-15(13)14/h8-10,16,18H,6-7,11-12H2,1-5H3. The summed E-state index contributed by atoms with van der Waals surface area (Å²) >= 11 is 0. The predicted molar refractivity (Wildman–Crippen MR) is 84.4 cm³/mol. The summed E-state index contributed by atoms with van der Waals surface area (Å²) in [5, 5.41) is 3.52. The molecule has 112 valence electrons. The number of para-hydroxylation sites is 1. The molecule has 1 heterocycles. The SMILES string of the molecule is CCN(CC)C(C)(C)C(NC)c1cccc2c1OCC2. The summed E-state index contributed by atoms with van der Waals surface area (Å²) in [5.41, 5.74) is 2.68. The third-order valence-electron chi connectivity index (χ3n) is 4.63. The van der Waals surface area contributed by atoms with Gasteiger partial charge in [-0.15, -0.1) is 0 Å². The topological polar surface area (TPSA) is 24.5 Å². The van der Waals surface area contributed by atoms with Gasteiger partial charge >= 0.3 is 0 Å². The van der Waals surface area contributed by atoms with E-state index in [0.29, 0.717) is 0 Å². The van der Waals surface area contributed by atoms with E-state index in [9.17, 15) is 0 Å². The van der Waals surface area contributed by atoms with E-state index in [2.05, 4.69) is 56.1 Å². The molecule has 3 nitrogen and oxygen atoms in total. The van der Waals surface area contributed by atoms with Crippen LogP contribution in [0.2, 0.25) is 0 Å². The van der Waals surface area contributed by atoms with E-state index in [1.165, 1.54) is 11.1 Å². The van der Waals surface area contributed by atoms with E-state index in [1.807, 2.05) is 7.05 Å². The molecule has 20 heavy (non-hydrogen) atoms. The molecule has 2 rings (SSSR count). The highest BCUT2D eigenvalue weighted by Crippen LogP contribution is 2.39. The zero-order valence-electron chi connectivity index (χ0n) is 13.5. The molecule has 0 radical (unpaired) electrons. The number of hydrogen-bond donors (Lipinski definition) is 1. The Bertz CT molecular complexity index is 452. The molecule has 0 fully saturated rings. The first-order chi connectivity index (χ1) is 9.56. The Morgan fingerprint density at radius 1 is 1.30 bits per heavy atom. The van der Waals surface area contributed by atoms with Gasteiger partial charge in [-0.2, -0.15) is 0 Å². The number of fused-ring (bicyclic) bond motifs is 1. The van der Waals surface area contributed by atoms with Gasteiger partial charge in [-0.3, -0.25) is 4.90 Å². The van der Waals surface area contributed by atoms with Crippen molar-refractivity contribution in [2.45, 2.75) is 45.7 Å². The van der Waals surface area contributed by atoms with Crippen LogP contribution in [-0.2, 0) is 6.42 Å². The summed E-state index contributed by atoms with van der Waals surface area (Å²) in [7, 11) is 2.05. The van der Waals surface area contributed by atoms with Gasteiger partial charge in [0.05, 0.1) is 12.6 Å². The minimum Gasteiger partial charge on any atom is -0.493 e. The summed E-state index contributed by atoms with van der Waals surface area (Å²) in [6.45, 7) is 12.0. The number of rotatable bonds is 6. The minimum absolute atomic E-state index is 0.0410. The molecule has 1 N–H and O–H groups in total. The summed E-state index contributed by atoms with van der Waals surface area (Å²) < 4.78 is 5.90. The Morgan fingerprint density at radius 3 is 2.60 bits per heavy atom. The van der Waals surface area contributed by atoms with Crippen LogP contribution in [0.15, 0.2) is 18.2 Å². The Balaban J connectivity index is 2.40. The van der Waals surface area contributed by atoms with Crippen LogP contribution in [0.4, 0.5) is 0 Å². The normalized spacial score (nSPS) is 16.1. The van der Waals surface area contributed by atoms with Crippen molar-refractivity contribution in [2.75, 3.05) is 26.7 Å². The smallest absolute Gasteiger partial charge is 0.127 e. The molecule has 1 aromatic carbocycles. The highest BCUT2D eigenvalue weighted by atomic mass is 16.5. The second-order valence-corrected chi connectivity index (χ2v) is 5.98. The van der Waals surface area contributed by atoms with Crippen molar-refractivity contribution in [3.8, 4) is 5.75 Å². The molecule has 0 aliphatic carbocycles. The number of likely N-dealkylation sites (N-methyl/N-ethyl adjacent to an activating group) is 2. The van der Waals surface area contributed by atoms with Gasteiger partial charge in [0.15, 0.2) is 0 Å². The molecule has 0 amide bonds. The van der Waals surface area contributed by atoms with E-state index in [1.54, 1.807) is 0 Å². The molecular formula is C17H28N2O. The molecule has 1 unspecified atom stereocenters. The van der Waals surface area contributed by atoms with Gasteiger partial charge in [-0.25, -0.2) is 0 Å². The molecule has 1 aliphatic rings. The fourth-order valence-electron chi connectivity index (χ4n) is 3.58. The second-order valence-electron chi connectivity index (χ2n) is 5.98. The van der Waals surface area contributed by atoms with E-state index >= 15 is 0 Å². The van der Waals surface area contributed by atoms with Crippen molar-refractivity contribution in [1.29, 1.82) is 0 Å². The lowest BCUT2D eigenvalue weighted by atomic mass is 9.85. The van der Waals surface area contributed by atoms with Gasteiger partial charge < -0.3 is 10.1 Å². The van der Waals surface area contributed by atoms with Gasteiger partial charge in [-0.05, 0) is 39.5 Å². The van der Waals surface area contributed by atoms with Crippen LogP contribution in [-0.4, -0.2) is 37.2 Å². The fraction of sp³-hybridized carbons (Fsp3) is 0.647. The molecule has 3 heteroatoms. The van der Waals surface area contributed by atoms with Gasteiger partial charge in [-0.1, -0.05) is 32.0 Å². The van der Waals surface area contributed by atoms with Crippen LogP contribution in [0.25, 0.3) is 0 Å². The zero-order valence-corrected chi connectivity index (χ0v) is 13.5. The summed E-state index contributed by atoms with van der Waals surface area (Å²) in [6, 6.07) is 6.81. The Hall–Kier alpha value is -1.06. The molecule has 0 saturated heterocycles. The molecular weight excluding hydrogens is 248 g/mol. The second kappa shape index (κ2) is 6.15. The first-order valence-electron chi connectivity index (χ1n) is 7.73. The van der Waals surface area contributed by atoms with Gasteiger partial charge in [0.25, 0.3) is 0 Å². The first kappa shape index (κ1) is 15.3. The number of ether oxygens (including phenoxy) is 1. The lowest BCUT2D eigenvalue weighted by Gasteiger charge is -2.43. The number of nitrogens with one attached hydrogen (secondary N) is 1. The van der Waals surface area contributed by atoms with Crippen LogP contribution in [0.3, 0.4) is 0 Å². The van der Waals surface area contributed by atoms with E-state index in [-0.39, 0.29) is 11.6 Å². The molecule has 0 bridgehead atoms. The zero-order chi connectivity index (χ0) is 14.8. The highest BCUT2D eigenvalue weighted by Gasteiger charge is 2.36. The third-order valence-corrected chi connectivity index (χ3v) is 4.63. The van der Waals surface area contributed by atoms with Crippen molar-refractivity contribution < 1.29 is 4.74 Å². The van der Waals surface area contributed by atoms with Crippen molar-refractivity contribution >= 4 is 0 Å². The maximum atomic E-state index is 5.90. The molecule has 1 atom stereocenters. The van der Waals surface area contributed by atoms with Crippen molar-refractivity contribution in [2.24, 2.45) is 0 Å². The first-order valence-corrected chi connectivity index (χ1v) is 7.73.